The summed E-state index contributed by atoms with van der Waals surface area (Å²) in [6, 6.07) is 42.8. The van der Waals surface area contributed by atoms with Crippen LogP contribution in [0.25, 0.3) is 110 Å². The summed E-state index contributed by atoms with van der Waals surface area (Å²) in [5, 5.41) is 11.0. The van der Waals surface area contributed by atoms with Crippen LogP contribution in [0, 0.1) is 40.5 Å². The molecule has 5 aliphatic heterocycles. The Labute approximate surface area is 671 Å². The second kappa shape index (κ2) is 30.8. The number of furan rings is 5. The Kier molecular flexibility index (Phi) is 20.2. The molecule has 15 heterocycles. The monoisotopic (exact) mass is 1530 g/mol. The first-order valence-corrected chi connectivity index (χ1v) is 40.7. The van der Waals surface area contributed by atoms with Crippen LogP contribution in [0.1, 0.15) is 123 Å². The van der Waals surface area contributed by atoms with Gasteiger partial charge in [-0.1, -0.05) is 87.4 Å². The topological polar surface area (TPSA) is 163 Å². The summed E-state index contributed by atoms with van der Waals surface area (Å²) in [7, 11) is 2.08. The minimum Gasteiger partial charge on any atom is -0.435 e. The molecule has 115 heavy (non-hydrogen) atoms. The number of pyridine rings is 5. The molecule has 0 bridgehead atoms. The van der Waals surface area contributed by atoms with E-state index in [9.17, 15) is 0 Å². The smallest absolute Gasteiger partial charge is 0.227 e. The molecule has 5 aromatic carbocycles. The number of hydrogen-bond donors (Lipinski definition) is 0. The van der Waals surface area contributed by atoms with E-state index in [4.69, 9.17) is 22.1 Å². The van der Waals surface area contributed by atoms with Gasteiger partial charge in [-0.2, -0.15) is 0 Å². The molecule has 0 N–H and O–H groups in total. The van der Waals surface area contributed by atoms with Crippen LogP contribution in [0.5, 0.6) is 0 Å². The maximum absolute atomic E-state index is 6.18. The van der Waals surface area contributed by atoms with E-state index in [1.54, 1.807) is 31.0 Å². The predicted octanol–water partition coefficient (Wildman–Crippen LogP) is 22.8. The second-order valence-electron chi connectivity index (χ2n) is 32.0. The maximum Gasteiger partial charge on any atom is 0.227 e. The third-order valence-electron chi connectivity index (χ3n) is 24.1. The molecular formula is C95H103N15O5. The van der Waals surface area contributed by atoms with E-state index < -0.39 is 0 Å². The van der Waals surface area contributed by atoms with Gasteiger partial charge in [0.25, 0.3) is 0 Å². The standard InChI is InChI=1S/C21H23N3O.C20H23N3O.C19H21N3O.C18H19N3O.C17H17N3O/c1-14-9-10-17-18-8-5-11-22-21(18)25-20(17)19(14)24-13-12-23(15(24)2)16-6-3-4-7-16;1-13(2)12-22-10-11-23(15(22)4)18-14(3)7-8-16-17-6-5-9-21-20(17)24-19(16)18;1-12(2)21-10-11-22(14(21)4)17-13(3)7-8-15-16-6-5-9-20-19(16)23-18(15)17;1-4-20-10-11-21(13(20)3)16-12(2)7-8-14-15-6-5-9-19-18(15)22-17(14)16;1-11-6-7-13-14-5-4-8-18-17(14)21-16(13)15(11)20-10-9-19(3)12(20)2/h5,8-13,15-16H,3-4,6-7H2,1-2H3;5-11,13,15H,12H2,1-4H3;5-12,14H,1-4H3;5-11,13H,4H2,1-3H3;4-10,12H,1-3H3/t2*15-;14-;13-;12-/m00000/s1. The van der Waals surface area contributed by atoms with E-state index in [-0.39, 0.29) is 24.7 Å². The lowest BCUT2D eigenvalue weighted by molar-refractivity contribution is 0.237. The van der Waals surface area contributed by atoms with Gasteiger partial charge in [0.2, 0.25) is 28.6 Å². The normalized spacial score (nSPS) is 18.7. The fourth-order valence-corrected chi connectivity index (χ4v) is 17.8. The molecule has 0 spiro atoms. The highest BCUT2D eigenvalue weighted by Gasteiger charge is 2.36. The van der Waals surface area contributed by atoms with E-state index in [0.717, 1.165) is 118 Å². The summed E-state index contributed by atoms with van der Waals surface area (Å²) in [6.45, 7) is 35.0. The largest absolute Gasteiger partial charge is 0.435 e. The summed E-state index contributed by atoms with van der Waals surface area (Å²) in [4.78, 5) is 45.0. The van der Waals surface area contributed by atoms with Crippen LogP contribution < -0.4 is 24.5 Å². The van der Waals surface area contributed by atoms with E-state index in [2.05, 4.69) is 338 Å². The van der Waals surface area contributed by atoms with Crippen LogP contribution >= 0.6 is 0 Å². The van der Waals surface area contributed by atoms with Crippen molar-refractivity contribution in [3.05, 3.63) is 242 Å². The van der Waals surface area contributed by atoms with Gasteiger partial charge in [0.1, 0.15) is 30.8 Å². The van der Waals surface area contributed by atoms with Crippen molar-refractivity contribution >= 4 is 139 Å². The van der Waals surface area contributed by atoms with Gasteiger partial charge in [-0.05, 0) is 197 Å². The molecule has 0 amide bonds. The Morgan fingerprint density at radius 3 is 0.957 bits per heavy atom. The highest BCUT2D eigenvalue weighted by molar-refractivity contribution is 6.13. The van der Waals surface area contributed by atoms with Crippen LogP contribution in [0.2, 0.25) is 0 Å². The van der Waals surface area contributed by atoms with Crippen molar-refractivity contribution in [3.8, 4) is 0 Å². The number of nitrogens with zero attached hydrogens (tertiary/aromatic N) is 15. The van der Waals surface area contributed by atoms with Gasteiger partial charge in [-0.3, -0.25) is 0 Å². The molecule has 10 aromatic heterocycles. The highest BCUT2D eigenvalue weighted by atomic mass is 16.4. The van der Waals surface area contributed by atoms with Crippen LogP contribution in [0.15, 0.2) is 236 Å². The van der Waals surface area contributed by atoms with E-state index in [1.807, 2.05) is 30.3 Å². The zero-order valence-electron chi connectivity index (χ0n) is 68.8. The Balaban J connectivity index is 0.000000104. The van der Waals surface area contributed by atoms with Crippen LogP contribution in [0.4, 0.5) is 28.4 Å². The molecule has 6 aliphatic rings. The number of benzene rings is 5. The average Bonchev–Trinajstić information content (AvgIpc) is 1.63. The molecule has 21 rings (SSSR count). The van der Waals surface area contributed by atoms with Crippen LogP contribution in [-0.4, -0.2) is 112 Å². The number of aromatic nitrogens is 5. The molecule has 1 aliphatic carbocycles. The molecule has 1 saturated carbocycles. The molecule has 1 fully saturated rings. The lowest BCUT2D eigenvalue weighted by Gasteiger charge is -2.34. The number of rotatable bonds is 10. The first-order chi connectivity index (χ1) is 55.7. The first-order valence-electron chi connectivity index (χ1n) is 40.7. The van der Waals surface area contributed by atoms with Gasteiger partial charge in [-0.15, -0.1) is 0 Å². The molecule has 0 saturated heterocycles. The van der Waals surface area contributed by atoms with E-state index in [0.29, 0.717) is 52.7 Å². The van der Waals surface area contributed by atoms with Crippen LogP contribution in [-0.2, 0) is 0 Å². The predicted molar refractivity (Wildman–Crippen MR) is 469 cm³/mol. The third kappa shape index (κ3) is 13.4. The molecule has 20 nitrogen and oxygen atoms in total. The van der Waals surface area contributed by atoms with Crippen molar-refractivity contribution < 1.29 is 22.1 Å². The number of hydrogen-bond acceptors (Lipinski definition) is 20. The quantitative estimate of drug-likeness (QED) is 0.127. The molecule has 0 radical (unpaired) electrons. The van der Waals surface area contributed by atoms with Gasteiger partial charge >= 0.3 is 0 Å². The molecule has 15 aromatic rings. The van der Waals surface area contributed by atoms with Crippen molar-refractivity contribution in [2.24, 2.45) is 5.92 Å². The number of anilines is 5. The van der Waals surface area contributed by atoms with E-state index in [1.165, 1.54) is 59.2 Å². The van der Waals surface area contributed by atoms with Crippen molar-refractivity contribution in [1.82, 2.24) is 49.4 Å². The van der Waals surface area contributed by atoms with Gasteiger partial charge in [0.15, 0.2) is 27.9 Å². The minimum absolute atomic E-state index is 0.264. The Morgan fingerprint density at radius 1 is 0.339 bits per heavy atom. The zero-order chi connectivity index (χ0) is 79.8. The lowest BCUT2D eigenvalue weighted by atomic mass is 10.1. The third-order valence-corrected chi connectivity index (χ3v) is 24.1. The highest BCUT2D eigenvalue weighted by Crippen LogP contribution is 2.46. The van der Waals surface area contributed by atoms with Crippen molar-refractivity contribution in [2.45, 2.75) is 172 Å². The number of fused-ring (bicyclic) bond motifs is 15. The molecular weight excluding hydrogens is 1430 g/mol. The Morgan fingerprint density at radius 2 is 0.643 bits per heavy atom. The molecule has 20 heteroatoms. The Hall–Kier alpha value is -12.5. The average molecular weight is 1530 g/mol. The second-order valence-corrected chi connectivity index (χ2v) is 32.0. The molecule has 588 valence electrons. The summed E-state index contributed by atoms with van der Waals surface area (Å²) < 4.78 is 30.6. The summed E-state index contributed by atoms with van der Waals surface area (Å²) in [5.41, 5.74) is 19.9. The fraction of sp³-hybridized carbons (Fsp3) is 0.316. The van der Waals surface area contributed by atoms with Gasteiger partial charge in [0.05, 0.1) is 28.4 Å². The van der Waals surface area contributed by atoms with E-state index >= 15 is 0 Å². The Bertz CT molecular complexity index is 6310. The van der Waals surface area contributed by atoms with Crippen molar-refractivity contribution in [1.29, 1.82) is 0 Å². The van der Waals surface area contributed by atoms with Crippen molar-refractivity contribution in [2.75, 3.05) is 44.6 Å². The summed E-state index contributed by atoms with van der Waals surface area (Å²) in [6.07, 6.45) is 37.2. The first kappa shape index (κ1) is 75.2. The maximum atomic E-state index is 6.18. The summed E-state index contributed by atoms with van der Waals surface area (Å²) in [5.74, 6) is 0.629. The molecule has 0 unspecified atom stereocenters. The van der Waals surface area contributed by atoms with Gasteiger partial charge in [-0.25, -0.2) is 24.9 Å². The minimum atomic E-state index is 0.264. The van der Waals surface area contributed by atoms with Gasteiger partial charge < -0.3 is 71.1 Å². The van der Waals surface area contributed by atoms with Crippen LogP contribution in [0.3, 0.4) is 0 Å². The summed E-state index contributed by atoms with van der Waals surface area (Å²) >= 11 is 0. The van der Waals surface area contributed by atoms with Crippen molar-refractivity contribution in [3.63, 3.8) is 0 Å². The SMILES string of the molecule is CCN1C=CN(c2c(C)ccc3c2oc2ncccc23)[C@H]1C.Cc1ccc2c(oc3ncccc32)c1N1C=CN(C(C)C)[C@@H]1C.Cc1ccc2c(oc3ncccc32)c1N1C=CN(C)[C@@H]1C.Cc1ccc2c(oc3ncccc32)c1N1C=CN(C2CCCC2)[C@@H]1C.Cc1ccc2c(oc3ncccc32)c1N1C=CN(CC(C)C)[C@@H]1C. The molecule has 5 atom stereocenters. The zero-order valence-corrected chi connectivity index (χ0v) is 68.8. The van der Waals surface area contributed by atoms with Gasteiger partial charge in [0, 0.05) is 179 Å². The fourth-order valence-electron chi connectivity index (χ4n) is 17.8. The number of aryl methyl sites for hydroxylation is 5. The lowest BCUT2D eigenvalue weighted by Crippen LogP contribution is -2.41.